The maximum atomic E-state index is 10.5. The van der Waals surface area contributed by atoms with Gasteiger partial charge >= 0.3 is 0 Å². The highest BCUT2D eigenvalue weighted by molar-refractivity contribution is 8.04. The Morgan fingerprint density at radius 3 is 2.16 bits per heavy atom. The summed E-state index contributed by atoms with van der Waals surface area (Å²) in [5.74, 6) is 0. The van der Waals surface area contributed by atoms with Crippen LogP contribution in [0, 0.1) is 43.4 Å². The smallest absolute Gasteiger partial charge is 0.269 e. The van der Waals surface area contributed by atoms with Gasteiger partial charge in [-0.05, 0) is 17.3 Å². The van der Waals surface area contributed by atoms with Crippen molar-refractivity contribution in [1.82, 2.24) is 0 Å². The van der Waals surface area contributed by atoms with Crippen molar-refractivity contribution in [1.29, 1.82) is 15.8 Å². The zero-order chi connectivity index (χ0) is 14.5. The quantitative estimate of drug-likeness (QED) is 0.381. The lowest BCUT2D eigenvalue weighted by atomic mass is 9.96. The van der Waals surface area contributed by atoms with Crippen LogP contribution in [0.5, 0.6) is 0 Å². The minimum atomic E-state index is -2.38. The molecule has 1 atom stereocenters. The molecule has 0 amide bonds. The minimum Gasteiger partial charge on any atom is -0.363 e. The van der Waals surface area contributed by atoms with Gasteiger partial charge in [0, 0.05) is 12.1 Å². The highest BCUT2D eigenvalue weighted by Crippen LogP contribution is 2.38. The third kappa shape index (κ3) is 2.99. The van der Waals surface area contributed by atoms with Crippen molar-refractivity contribution >= 4 is 17.4 Å². The number of non-ortho nitro benzene ring substituents is 1. The molecule has 0 aromatic heterocycles. The molecule has 0 radical (unpaired) electrons. The van der Waals surface area contributed by atoms with E-state index < -0.39 is 15.8 Å². The Bertz CT molecular complexity index is 595. The Balaban J connectivity index is 3.22. The Kier molecular flexibility index (Phi) is 4.44. The Labute approximate surface area is 112 Å². The zero-order valence-corrected chi connectivity index (χ0v) is 10.2. The fourth-order valence-corrected chi connectivity index (χ4v) is 2.03. The summed E-state index contributed by atoms with van der Waals surface area (Å²) in [4.78, 5) is 9.91. The molecule has 0 aliphatic rings. The summed E-state index contributed by atoms with van der Waals surface area (Å²) in [6, 6.07) is 7.82. The van der Waals surface area contributed by atoms with Gasteiger partial charge in [0.05, 0.1) is 4.92 Å². The molecule has 0 spiro atoms. The number of rotatable bonds is 4. The van der Waals surface area contributed by atoms with E-state index in [2.05, 4.69) is 0 Å². The van der Waals surface area contributed by atoms with Gasteiger partial charge in [0.2, 0.25) is 0 Å². The van der Waals surface area contributed by atoms with E-state index in [0.29, 0.717) is 11.8 Å². The van der Waals surface area contributed by atoms with Crippen LogP contribution in [0.3, 0.4) is 0 Å². The molecule has 94 valence electrons. The number of hydrogen-bond donors (Lipinski definition) is 1. The lowest BCUT2D eigenvalue weighted by Crippen LogP contribution is -2.30. The third-order valence-corrected chi connectivity index (χ3v) is 3.25. The number of hydrogen-bond acceptors (Lipinski definition) is 7. The SMILES string of the molecule is N#CSC(c1ccc([N+](=O)[O-])cc1)C(O)(C#N)C#N. The van der Waals surface area contributed by atoms with Crippen molar-refractivity contribution in [3.05, 3.63) is 39.9 Å². The van der Waals surface area contributed by atoms with Crippen LogP contribution >= 0.6 is 11.8 Å². The Morgan fingerprint density at radius 2 is 1.79 bits per heavy atom. The molecule has 8 heteroatoms. The standard InChI is InChI=1S/C11H6N4O3S/c12-5-11(16,6-13)10(19-7-14)8-1-3-9(4-2-8)15(17)18/h1-4,10,16H. The fourth-order valence-electron chi connectivity index (χ4n) is 1.36. The van der Waals surface area contributed by atoms with Gasteiger partial charge in [0.25, 0.3) is 11.3 Å². The third-order valence-electron chi connectivity index (χ3n) is 2.30. The van der Waals surface area contributed by atoms with Crippen LogP contribution < -0.4 is 0 Å². The average Bonchev–Trinajstić information content (AvgIpc) is 2.44. The summed E-state index contributed by atoms with van der Waals surface area (Å²) in [6.45, 7) is 0. The molecule has 19 heavy (non-hydrogen) atoms. The number of nitro benzene ring substituents is 1. The first kappa shape index (κ1) is 14.5. The van der Waals surface area contributed by atoms with Crippen LogP contribution in [0.4, 0.5) is 5.69 Å². The van der Waals surface area contributed by atoms with Crippen LogP contribution in [-0.4, -0.2) is 15.6 Å². The number of thiocyanates is 1. The van der Waals surface area contributed by atoms with Crippen molar-refractivity contribution in [3.63, 3.8) is 0 Å². The molecule has 0 heterocycles. The lowest BCUT2D eigenvalue weighted by Gasteiger charge is -2.21. The van der Waals surface area contributed by atoms with Gasteiger partial charge in [-0.25, -0.2) is 0 Å². The molecule has 0 saturated carbocycles. The zero-order valence-electron chi connectivity index (χ0n) is 9.35. The second kappa shape index (κ2) is 5.83. The summed E-state index contributed by atoms with van der Waals surface area (Å²) in [7, 11) is 0. The predicted octanol–water partition coefficient (Wildman–Crippen LogP) is 1.63. The van der Waals surface area contributed by atoms with Gasteiger partial charge in [-0.15, -0.1) is 0 Å². The monoisotopic (exact) mass is 274 g/mol. The van der Waals surface area contributed by atoms with Gasteiger partial charge in [-0.1, -0.05) is 12.1 Å². The van der Waals surface area contributed by atoms with Gasteiger partial charge < -0.3 is 5.11 Å². The van der Waals surface area contributed by atoms with E-state index in [1.54, 1.807) is 5.40 Å². The Hall–Kier alpha value is -2.60. The van der Waals surface area contributed by atoms with Crippen molar-refractivity contribution < 1.29 is 10.0 Å². The molecule has 0 aliphatic carbocycles. The summed E-state index contributed by atoms with van der Waals surface area (Å²) < 4.78 is 0. The molecular formula is C11H6N4O3S. The van der Waals surface area contributed by atoms with Crippen LogP contribution in [-0.2, 0) is 0 Å². The van der Waals surface area contributed by atoms with Crippen LogP contribution in [0.25, 0.3) is 0 Å². The Morgan fingerprint density at radius 1 is 1.26 bits per heavy atom. The summed E-state index contributed by atoms with van der Waals surface area (Å²) in [5.41, 5.74) is -2.26. The second-order valence-electron chi connectivity index (χ2n) is 3.43. The van der Waals surface area contributed by atoms with Crippen molar-refractivity contribution in [2.45, 2.75) is 10.9 Å². The summed E-state index contributed by atoms with van der Waals surface area (Å²) in [5, 5.41) is 47.2. The molecule has 1 unspecified atom stereocenters. The molecule has 0 bridgehead atoms. The first-order valence-electron chi connectivity index (χ1n) is 4.82. The molecule has 1 aromatic rings. The van der Waals surface area contributed by atoms with E-state index in [0.717, 1.165) is 0 Å². The highest BCUT2D eigenvalue weighted by Gasteiger charge is 2.39. The summed E-state index contributed by atoms with van der Waals surface area (Å²) in [6.07, 6.45) is 0. The fraction of sp³-hybridized carbons (Fsp3) is 0.182. The lowest BCUT2D eigenvalue weighted by molar-refractivity contribution is -0.384. The van der Waals surface area contributed by atoms with E-state index in [1.165, 1.54) is 36.4 Å². The predicted molar refractivity (Wildman–Crippen MR) is 65.2 cm³/mol. The van der Waals surface area contributed by atoms with Crippen LogP contribution in [0.15, 0.2) is 24.3 Å². The van der Waals surface area contributed by atoms with Crippen LogP contribution in [0.2, 0.25) is 0 Å². The molecule has 0 fully saturated rings. The second-order valence-corrected chi connectivity index (χ2v) is 4.32. The largest absolute Gasteiger partial charge is 0.363 e. The van der Waals surface area contributed by atoms with Gasteiger partial charge in [0.1, 0.15) is 22.8 Å². The van der Waals surface area contributed by atoms with Crippen molar-refractivity contribution in [3.8, 4) is 17.5 Å². The van der Waals surface area contributed by atoms with Gasteiger partial charge in [-0.3, -0.25) is 10.1 Å². The summed E-state index contributed by atoms with van der Waals surface area (Å²) >= 11 is 0.541. The van der Waals surface area contributed by atoms with E-state index in [4.69, 9.17) is 15.8 Å². The molecule has 1 rings (SSSR count). The van der Waals surface area contributed by atoms with E-state index in [9.17, 15) is 15.2 Å². The first-order chi connectivity index (χ1) is 8.98. The number of nitriles is 3. The molecule has 0 aliphatic heterocycles. The molecule has 0 saturated heterocycles. The van der Waals surface area contributed by atoms with Gasteiger partial charge in [0.15, 0.2) is 0 Å². The van der Waals surface area contributed by atoms with E-state index >= 15 is 0 Å². The van der Waals surface area contributed by atoms with Gasteiger partial charge in [-0.2, -0.15) is 15.8 Å². The minimum absolute atomic E-state index is 0.165. The average molecular weight is 274 g/mol. The van der Waals surface area contributed by atoms with Crippen LogP contribution in [0.1, 0.15) is 10.8 Å². The normalized spacial score (nSPS) is 11.7. The maximum absolute atomic E-state index is 10.5. The number of aliphatic hydroxyl groups is 1. The highest BCUT2D eigenvalue weighted by atomic mass is 32.2. The molecule has 1 N–H and O–H groups in total. The number of thioether (sulfide) groups is 1. The first-order valence-corrected chi connectivity index (χ1v) is 5.70. The maximum Gasteiger partial charge on any atom is 0.269 e. The van der Waals surface area contributed by atoms with Crippen molar-refractivity contribution in [2.75, 3.05) is 0 Å². The van der Waals surface area contributed by atoms with E-state index in [1.807, 2.05) is 0 Å². The number of nitrogens with zero attached hydrogens (tertiary/aromatic N) is 4. The van der Waals surface area contributed by atoms with E-state index in [-0.39, 0.29) is 11.3 Å². The number of benzene rings is 1. The molecular weight excluding hydrogens is 268 g/mol. The molecule has 1 aromatic carbocycles. The number of nitro groups is 1. The van der Waals surface area contributed by atoms with Crippen molar-refractivity contribution in [2.24, 2.45) is 0 Å². The molecule has 7 nitrogen and oxygen atoms in total. The topological polar surface area (TPSA) is 135 Å².